The lowest BCUT2D eigenvalue weighted by atomic mass is 9.95. The van der Waals surface area contributed by atoms with Gasteiger partial charge in [-0.1, -0.05) is 51.6 Å². The largest absolute Gasteiger partial charge is 0.489 e. The average Bonchev–Trinajstić information content (AvgIpc) is 2.67. The topological polar surface area (TPSA) is 49.3 Å². The molecule has 1 aliphatic carbocycles. The lowest BCUT2D eigenvalue weighted by Gasteiger charge is -2.29. The third kappa shape index (κ3) is 10.1. The Morgan fingerprint density at radius 1 is 1.06 bits per heavy atom. The lowest BCUT2D eigenvalue weighted by molar-refractivity contribution is -0.00506. The first-order valence-electron chi connectivity index (χ1n) is 10.2. The van der Waals surface area contributed by atoms with Gasteiger partial charge in [0, 0.05) is 12.1 Å². The van der Waals surface area contributed by atoms with Crippen molar-refractivity contribution in [3.05, 3.63) is 32.7 Å². The molecule has 0 N–H and O–H groups in total. The van der Waals surface area contributed by atoms with Gasteiger partial charge in [-0.15, -0.1) is 0 Å². The van der Waals surface area contributed by atoms with Gasteiger partial charge < -0.3 is 19.0 Å². The number of benzene rings is 1. The van der Waals surface area contributed by atoms with Crippen molar-refractivity contribution in [3.8, 4) is 11.5 Å². The van der Waals surface area contributed by atoms with E-state index in [1.807, 2.05) is 27.7 Å². The number of halogens is 4. The van der Waals surface area contributed by atoms with E-state index in [9.17, 15) is 0 Å². The Hall–Kier alpha value is -0.850. The number of nitrogens with zero attached hydrogens (tertiary/aromatic N) is 1. The van der Waals surface area contributed by atoms with Crippen molar-refractivity contribution in [1.82, 2.24) is 0 Å². The fourth-order valence-corrected chi connectivity index (χ4v) is 3.58. The Labute approximate surface area is 204 Å². The third-order valence-corrected chi connectivity index (χ3v) is 5.24. The van der Waals surface area contributed by atoms with E-state index in [4.69, 9.17) is 65.5 Å². The highest BCUT2D eigenvalue weighted by Crippen LogP contribution is 2.39. The maximum absolute atomic E-state index is 6.36. The predicted molar refractivity (Wildman–Crippen MR) is 128 cm³/mol. The van der Waals surface area contributed by atoms with E-state index < -0.39 is 0 Å². The zero-order chi connectivity index (χ0) is 23.0. The molecule has 0 atom stereocenters. The Bertz CT molecular complexity index is 757. The van der Waals surface area contributed by atoms with E-state index in [-0.39, 0.29) is 28.9 Å². The molecule has 31 heavy (non-hydrogen) atoms. The van der Waals surface area contributed by atoms with Crippen molar-refractivity contribution in [1.29, 1.82) is 0 Å². The van der Waals surface area contributed by atoms with Gasteiger partial charge in [0.2, 0.25) is 0 Å². The van der Waals surface area contributed by atoms with E-state index in [0.717, 1.165) is 31.4 Å². The van der Waals surface area contributed by atoms with Crippen molar-refractivity contribution in [2.24, 2.45) is 5.16 Å². The summed E-state index contributed by atoms with van der Waals surface area (Å²) in [5, 5.41) is 4.91. The van der Waals surface area contributed by atoms with Gasteiger partial charge in [-0.3, -0.25) is 0 Å². The van der Waals surface area contributed by atoms with Crippen LogP contribution < -0.4 is 9.47 Å². The van der Waals surface area contributed by atoms with Crippen LogP contribution in [0.3, 0.4) is 0 Å². The first-order chi connectivity index (χ1) is 14.5. The highest BCUT2D eigenvalue weighted by Gasteiger charge is 2.25. The monoisotopic (exact) mass is 511 g/mol. The highest BCUT2D eigenvalue weighted by atomic mass is 35.5. The summed E-state index contributed by atoms with van der Waals surface area (Å²) in [6.45, 7) is 8.44. The van der Waals surface area contributed by atoms with Crippen molar-refractivity contribution in [2.45, 2.75) is 71.2 Å². The molecule has 0 radical (unpaired) electrons. The molecule has 0 bridgehead atoms. The average molecular weight is 513 g/mol. The third-order valence-electron chi connectivity index (χ3n) is 4.37. The molecule has 9 heteroatoms. The molecule has 1 aromatic rings. The lowest BCUT2D eigenvalue weighted by Crippen LogP contribution is -2.29. The SMILES string of the molecule is CC(COC1CCC(Oc2c(Cl)cc(OCC=C(Cl)Cl)cc2Cl)CC1)=NOC(C)(C)C. The molecule has 0 spiro atoms. The fourth-order valence-electron chi connectivity index (χ4n) is 2.90. The molecule has 1 aromatic carbocycles. The van der Waals surface area contributed by atoms with Gasteiger partial charge >= 0.3 is 0 Å². The molecular formula is C22H29Cl4NO4. The Kier molecular flexibility index (Phi) is 10.6. The number of rotatable bonds is 9. The van der Waals surface area contributed by atoms with Crippen molar-refractivity contribution in [3.63, 3.8) is 0 Å². The van der Waals surface area contributed by atoms with E-state index >= 15 is 0 Å². The number of oxime groups is 1. The van der Waals surface area contributed by atoms with Crippen molar-refractivity contribution >= 4 is 52.1 Å². The smallest absolute Gasteiger partial charge is 0.157 e. The Morgan fingerprint density at radius 3 is 2.19 bits per heavy atom. The minimum atomic E-state index is -0.307. The quantitative estimate of drug-likeness (QED) is 0.252. The van der Waals surface area contributed by atoms with Crippen molar-refractivity contribution < 1.29 is 19.0 Å². The van der Waals surface area contributed by atoms with Gasteiger partial charge in [0.1, 0.15) is 22.4 Å². The minimum Gasteiger partial charge on any atom is -0.489 e. The first kappa shape index (κ1) is 26.4. The molecule has 1 aliphatic rings. The maximum atomic E-state index is 6.36. The Balaban J connectivity index is 1.81. The number of hydrogen-bond donors (Lipinski definition) is 0. The molecule has 1 saturated carbocycles. The standard InChI is InChI=1S/C22H29Cl4NO4/c1-14(27-31-22(2,3)4)13-29-15-5-7-16(8-6-15)30-21-18(23)11-17(12-19(21)24)28-10-9-20(25)26/h9,11-12,15-16H,5-8,10,13H2,1-4H3. The van der Waals surface area contributed by atoms with Crippen LogP contribution in [-0.2, 0) is 9.57 Å². The molecule has 2 rings (SSSR count). The van der Waals surface area contributed by atoms with E-state index in [0.29, 0.717) is 28.2 Å². The number of hydrogen-bond acceptors (Lipinski definition) is 5. The normalized spacial score (nSPS) is 19.7. The molecule has 1 fully saturated rings. The fraction of sp³-hybridized carbons (Fsp3) is 0.591. The highest BCUT2D eigenvalue weighted by molar-refractivity contribution is 6.55. The van der Waals surface area contributed by atoms with Crippen LogP contribution in [0.1, 0.15) is 53.4 Å². The molecule has 0 heterocycles. The summed E-state index contributed by atoms with van der Waals surface area (Å²) < 4.78 is 17.7. The van der Waals surface area contributed by atoms with Crippen LogP contribution in [0.4, 0.5) is 0 Å². The summed E-state index contributed by atoms with van der Waals surface area (Å²) >= 11 is 23.9. The van der Waals surface area contributed by atoms with Crippen LogP contribution in [0.5, 0.6) is 11.5 Å². The van der Waals surface area contributed by atoms with Crippen LogP contribution in [0, 0.1) is 0 Å². The van der Waals surface area contributed by atoms with E-state index in [2.05, 4.69) is 5.16 Å². The van der Waals surface area contributed by atoms with Crippen LogP contribution in [0.15, 0.2) is 27.9 Å². The van der Waals surface area contributed by atoms with Crippen LogP contribution in [0.25, 0.3) is 0 Å². The van der Waals surface area contributed by atoms with Gasteiger partial charge in [0.05, 0.1) is 34.6 Å². The molecule has 0 saturated heterocycles. The summed E-state index contributed by atoms with van der Waals surface area (Å²) in [4.78, 5) is 5.42. The van der Waals surface area contributed by atoms with Crippen molar-refractivity contribution in [2.75, 3.05) is 13.2 Å². The van der Waals surface area contributed by atoms with E-state index in [1.54, 1.807) is 12.1 Å². The summed E-state index contributed by atoms with van der Waals surface area (Å²) in [7, 11) is 0. The van der Waals surface area contributed by atoms with Gasteiger partial charge in [-0.25, -0.2) is 0 Å². The zero-order valence-electron chi connectivity index (χ0n) is 18.2. The molecule has 0 unspecified atom stereocenters. The molecule has 174 valence electrons. The summed E-state index contributed by atoms with van der Waals surface area (Å²) in [5.74, 6) is 0.978. The van der Waals surface area contributed by atoms with E-state index in [1.165, 1.54) is 6.08 Å². The molecule has 5 nitrogen and oxygen atoms in total. The molecule has 0 aliphatic heterocycles. The van der Waals surface area contributed by atoms with Gasteiger partial charge in [0.15, 0.2) is 5.75 Å². The molecular weight excluding hydrogens is 484 g/mol. The van der Waals surface area contributed by atoms with Crippen LogP contribution >= 0.6 is 46.4 Å². The second kappa shape index (κ2) is 12.4. The second-order valence-electron chi connectivity index (χ2n) is 8.38. The second-order valence-corrected chi connectivity index (χ2v) is 10.2. The minimum absolute atomic E-state index is 0.0265. The maximum Gasteiger partial charge on any atom is 0.157 e. The summed E-state index contributed by atoms with van der Waals surface area (Å²) in [6, 6.07) is 3.32. The first-order valence-corrected chi connectivity index (χ1v) is 11.7. The predicted octanol–water partition coefficient (Wildman–Crippen LogP) is 7.59. The van der Waals surface area contributed by atoms with Crippen LogP contribution in [0.2, 0.25) is 10.0 Å². The van der Waals surface area contributed by atoms with Gasteiger partial charge in [0.25, 0.3) is 0 Å². The molecule has 0 amide bonds. The van der Waals surface area contributed by atoms with Gasteiger partial charge in [-0.2, -0.15) is 0 Å². The Morgan fingerprint density at radius 2 is 1.65 bits per heavy atom. The number of ether oxygens (including phenoxy) is 3. The summed E-state index contributed by atoms with van der Waals surface area (Å²) in [5.41, 5.74) is 0.511. The zero-order valence-corrected chi connectivity index (χ0v) is 21.2. The molecule has 0 aromatic heterocycles. The summed E-state index contributed by atoms with van der Waals surface area (Å²) in [6.07, 6.45) is 5.20. The van der Waals surface area contributed by atoms with Crippen LogP contribution in [-0.4, -0.2) is 36.7 Å². The van der Waals surface area contributed by atoms with Gasteiger partial charge in [-0.05, 0) is 59.5 Å².